The Hall–Kier alpha value is -3.41. The van der Waals surface area contributed by atoms with Crippen LogP contribution < -0.4 is 15.4 Å². The lowest BCUT2D eigenvalue weighted by molar-refractivity contribution is 0.102. The van der Waals surface area contributed by atoms with Gasteiger partial charge in [-0.25, -0.2) is 9.97 Å². The van der Waals surface area contributed by atoms with Crippen molar-refractivity contribution in [1.82, 2.24) is 9.97 Å². The van der Waals surface area contributed by atoms with Gasteiger partial charge in [-0.05, 0) is 42.7 Å². The summed E-state index contributed by atoms with van der Waals surface area (Å²) in [4.78, 5) is 21.0. The molecular formula is C21H22N4O2. The molecule has 0 saturated carbocycles. The van der Waals surface area contributed by atoms with Crippen molar-refractivity contribution >= 4 is 23.1 Å². The molecule has 0 aliphatic rings. The predicted octanol–water partition coefficient (Wildman–Crippen LogP) is 4.35. The van der Waals surface area contributed by atoms with E-state index in [1.54, 1.807) is 13.3 Å². The van der Waals surface area contributed by atoms with Crippen molar-refractivity contribution in [2.24, 2.45) is 0 Å². The van der Waals surface area contributed by atoms with Crippen molar-refractivity contribution in [2.75, 3.05) is 17.7 Å². The van der Waals surface area contributed by atoms with Crippen molar-refractivity contribution in [3.63, 3.8) is 0 Å². The maximum absolute atomic E-state index is 12.5. The number of carbonyl (C=O) groups is 1. The number of rotatable bonds is 6. The summed E-state index contributed by atoms with van der Waals surface area (Å²) in [5.74, 6) is 0.837. The van der Waals surface area contributed by atoms with Crippen LogP contribution >= 0.6 is 0 Å². The summed E-state index contributed by atoms with van der Waals surface area (Å²) in [7, 11) is 1.56. The Kier molecular flexibility index (Phi) is 5.66. The fraction of sp³-hybridized carbons (Fsp3) is 0.190. The molecule has 1 amide bonds. The zero-order chi connectivity index (χ0) is 19.2. The number of hydrogen-bond donors (Lipinski definition) is 2. The predicted molar refractivity (Wildman–Crippen MR) is 107 cm³/mol. The summed E-state index contributed by atoms with van der Waals surface area (Å²) in [5, 5.41) is 6.06. The minimum Gasteiger partial charge on any atom is -0.495 e. The quantitative estimate of drug-likeness (QED) is 0.682. The number of hydrogen-bond acceptors (Lipinski definition) is 5. The molecule has 0 atom stereocenters. The molecule has 1 heterocycles. The smallest absolute Gasteiger partial charge is 0.275 e. The van der Waals surface area contributed by atoms with Crippen LogP contribution in [-0.2, 0) is 6.42 Å². The van der Waals surface area contributed by atoms with Gasteiger partial charge in [-0.3, -0.25) is 4.79 Å². The van der Waals surface area contributed by atoms with E-state index < -0.39 is 0 Å². The highest BCUT2D eigenvalue weighted by Crippen LogP contribution is 2.25. The second kappa shape index (κ2) is 8.31. The number of aromatic nitrogens is 2. The highest BCUT2D eigenvalue weighted by atomic mass is 16.5. The molecule has 3 rings (SSSR count). The van der Waals surface area contributed by atoms with E-state index in [0.29, 0.717) is 17.3 Å². The lowest BCUT2D eigenvalue weighted by Crippen LogP contribution is -2.15. The molecule has 0 saturated heterocycles. The largest absolute Gasteiger partial charge is 0.495 e. The number of methoxy groups -OCH3 is 1. The standard InChI is InChI=1S/C21H22N4O2/c1-4-15-7-5-6-8-16(15)24-20-13-22-18(12-23-20)21(26)25-17-11-14(2)9-10-19(17)27-3/h5-13H,4H2,1-3H3,(H,23,24)(H,25,26). The normalized spacial score (nSPS) is 10.3. The van der Waals surface area contributed by atoms with Crippen LogP contribution in [0.15, 0.2) is 54.9 Å². The number of anilines is 3. The summed E-state index contributed by atoms with van der Waals surface area (Å²) in [6, 6.07) is 13.6. The number of para-hydroxylation sites is 1. The topological polar surface area (TPSA) is 76.1 Å². The second-order valence-corrected chi connectivity index (χ2v) is 6.08. The van der Waals surface area contributed by atoms with Crippen molar-refractivity contribution in [3.8, 4) is 5.75 Å². The van der Waals surface area contributed by atoms with Crippen LogP contribution in [0.4, 0.5) is 17.2 Å². The van der Waals surface area contributed by atoms with Gasteiger partial charge < -0.3 is 15.4 Å². The Morgan fingerprint density at radius 1 is 1.07 bits per heavy atom. The van der Waals surface area contributed by atoms with Crippen molar-refractivity contribution in [2.45, 2.75) is 20.3 Å². The molecule has 0 unspecified atom stereocenters. The average molecular weight is 362 g/mol. The van der Waals surface area contributed by atoms with Crippen LogP contribution in [0, 0.1) is 6.92 Å². The number of nitrogens with zero attached hydrogens (tertiary/aromatic N) is 2. The molecule has 138 valence electrons. The molecule has 27 heavy (non-hydrogen) atoms. The maximum Gasteiger partial charge on any atom is 0.275 e. The summed E-state index contributed by atoms with van der Waals surface area (Å²) in [5.41, 5.74) is 4.02. The van der Waals surface area contributed by atoms with Gasteiger partial charge in [0, 0.05) is 5.69 Å². The molecule has 0 spiro atoms. The summed E-state index contributed by atoms with van der Waals surface area (Å²) < 4.78 is 5.28. The molecule has 3 aromatic rings. The Balaban J connectivity index is 1.73. The highest BCUT2D eigenvalue weighted by Gasteiger charge is 2.12. The van der Waals surface area contributed by atoms with Crippen LogP contribution in [-0.4, -0.2) is 23.0 Å². The van der Waals surface area contributed by atoms with Gasteiger partial charge in [0.25, 0.3) is 5.91 Å². The van der Waals surface area contributed by atoms with Crippen molar-refractivity contribution in [1.29, 1.82) is 0 Å². The Bertz CT molecular complexity index is 939. The third kappa shape index (κ3) is 4.41. The van der Waals surface area contributed by atoms with Crippen molar-refractivity contribution < 1.29 is 9.53 Å². The maximum atomic E-state index is 12.5. The number of benzene rings is 2. The van der Waals surface area contributed by atoms with Crippen LogP contribution in [0.5, 0.6) is 5.75 Å². The van der Waals surface area contributed by atoms with Gasteiger partial charge in [0.1, 0.15) is 17.3 Å². The summed E-state index contributed by atoms with van der Waals surface area (Å²) in [6.45, 7) is 4.04. The van der Waals surface area contributed by atoms with E-state index in [1.165, 1.54) is 11.8 Å². The van der Waals surface area contributed by atoms with Gasteiger partial charge in [0.15, 0.2) is 0 Å². The zero-order valence-electron chi connectivity index (χ0n) is 15.6. The number of nitrogens with one attached hydrogen (secondary N) is 2. The molecule has 0 bridgehead atoms. The lowest BCUT2D eigenvalue weighted by atomic mass is 10.1. The van der Waals surface area contributed by atoms with Crippen LogP contribution in [0.1, 0.15) is 28.5 Å². The van der Waals surface area contributed by atoms with Crippen LogP contribution in [0.25, 0.3) is 0 Å². The van der Waals surface area contributed by atoms with Gasteiger partial charge in [-0.1, -0.05) is 31.2 Å². The zero-order valence-corrected chi connectivity index (χ0v) is 15.6. The first kappa shape index (κ1) is 18.4. The Morgan fingerprint density at radius 2 is 1.89 bits per heavy atom. The molecule has 1 aromatic heterocycles. The Morgan fingerprint density at radius 3 is 2.59 bits per heavy atom. The third-order valence-corrected chi connectivity index (χ3v) is 4.15. The first-order valence-corrected chi connectivity index (χ1v) is 8.73. The number of amides is 1. The number of carbonyl (C=O) groups excluding carboxylic acids is 1. The fourth-order valence-electron chi connectivity index (χ4n) is 2.70. The van der Waals surface area contributed by atoms with Crippen LogP contribution in [0.3, 0.4) is 0 Å². The van der Waals surface area contributed by atoms with E-state index in [1.807, 2.05) is 43.3 Å². The Labute approximate surface area is 158 Å². The SMILES string of the molecule is CCc1ccccc1Nc1cnc(C(=O)Nc2cc(C)ccc2OC)cn1. The van der Waals surface area contributed by atoms with E-state index in [2.05, 4.69) is 33.6 Å². The van der Waals surface area contributed by atoms with Crippen LogP contribution in [0.2, 0.25) is 0 Å². The molecular weight excluding hydrogens is 340 g/mol. The second-order valence-electron chi connectivity index (χ2n) is 6.08. The highest BCUT2D eigenvalue weighted by molar-refractivity contribution is 6.03. The minimum atomic E-state index is -0.341. The molecule has 0 fully saturated rings. The molecule has 2 N–H and O–H groups in total. The minimum absolute atomic E-state index is 0.230. The monoisotopic (exact) mass is 362 g/mol. The van der Waals surface area contributed by atoms with Gasteiger partial charge in [0.05, 0.1) is 25.2 Å². The van der Waals surface area contributed by atoms with E-state index >= 15 is 0 Å². The molecule has 6 heteroatoms. The van der Waals surface area contributed by atoms with Gasteiger partial charge in [0.2, 0.25) is 0 Å². The molecule has 0 radical (unpaired) electrons. The fourth-order valence-corrected chi connectivity index (χ4v) is 2.70. The molecule has 0 aliphatic heterocycles. The average Bonchev–Trinajstić information content (AvgIpc) is 2.69. The lowest BCUT2D eigenvalue weighted by Gasteiger charge is -2.11. The number of aryl methyl sites for hydroxylation is 2. The molecule has 6 nitrogen and oxygen atoms in total. The van der Waals surface area contributed by atoms with E-state index in [9.17, 15) is 4.79 Å². The summed E-state index contributed by atoms with van der Waals surface area (Å²) >= 11 is 0. The number of ether oxygens (including phenoxy) is 1. The molecule has 0 aliphatic carbocycles. The summed E-state index contributed by atoms with van der Waals surface area (Å²) in [6.07, 6.45) is 3.92. The van der Waals surface area contributed by atoms with Gasteiger partial charge in [-0.2, -0.15) is 0 Å². The van der Waals surface area contributed by atoms with Crippen molar-refractivity contribution in [3.05, 3.63) is 71.7 Å². The van der Waals surface area contributed by atoms with Gasteiger partial charge in [-0.15, -0.1) is 0 Å². The van der Waals surface area contributed by atoms with E-state index in [4.69, 9.17) is 4.74 Å². The third-order valence-electron chi connectivity index (χ3n) is 4.15. The first-order chi connectivity index (χ1) is 13.1. The molecule has 2 aromatic carbocycles. The van der Waals surface area contributed by atoms with Gasteiger partial charge >= 0.3 is 0 Å². The first-order valence-electron chi connectivity index (χ1n) is 8.73. The van der Waals surface area contributed by atoms with E-state index in [-0.39, 0.29) is 11.6 Å². The van der Waals surface area contributed by atoms with E-state index in [0.717, 1.165) is 17.7 Å².